The third-order valence-corrected chi connectivity index (χ3v) is 4.71. The SMILES string of the molecule is NC(=O)c1cc(F)c(Br)c2c1CC1=C2CC(F)(F)CC1. The Hall–Kier alpha value is -1.30. The van der Waals surface area contributed by atoms with Crippen molar-refractivity contribution in [1.29, 1.82) is 0 Å². The summed E-state index contributed by atoms with van der Waals surface area (Å²) in [5.41, 5.74) is 7.63. The number of carbonyl (C=O) groups is 1. The van der Waals surface area contributed by atoms with Gasteiger partial charge in [0.2, 0.25) is 5.91 Å². The summed E-state index contributed by atoms with van der Waals surface area (Å²) in [5.74, 6) is -4.17. The van der Waals surface area contributed by atoms with Crippen molar-refractivity contribution in [3.05, 3.63) is 38.6 Å². The van der Waals surface area contributed by atoms with Gasteiger partial charge in [-0.3, -0.25) is 4.79 Å². The smallest absolute Gasteiger partial charge is 0.252 e. The average molecular weight is 346 g/mol. The minimum absolute atomic E-state index is 0.0819. The van der Waals surface area contributed by atoms with Crippen molar-refractivity contribution in [1.82, 2.24) is 0 Å². The Labute approximate surface area is 122 Å². The van der Waals surface area contributed by atoms with Crippen LogP contribution in [0.25, 0.3) is 5.57 Å². The number of fused-ring (bicyclic) bond motifs is 2. The number of carbonyl (C=O) groups excluding carboxylic acids is 1. The molecule has 0 atom stereocenters. The Kier molecular flexibility index (Phi) is 2.97. The Bertz CT molecular complexity index is 667. The fourth-order valence-electron chi connectivity index (χ4n) is 3.01. The largest absolute Gasteiger partial charge is 0.366 e. The van der Waals surface area contributed by atoms with Crippen LogP contribution >= 0.6 is 15.9 Å². The van der Waals surface area contributed by atoms with Crippen LogP contribution in [0.5, 0.6) is 0 Å². The van der Waals surface area contributed by atoms with E-state index in [0.717, 1.165) is 11.6 Å². The molecule has 0 radical (unpaired) electrons. The highest BCUT2D eigenvalue weighted by Gasteiger charge is 2.40. The minimum atomic E-state index is -2.78. The number of benzene rings is 1. The zero-order valence-electron chi connectivity index (χ0n) is 10.4. The first-order valence-corrected chi connectivity index (χ1v) is 6.99. The van der Waals surface area contributed by atoms with Gasteiger partial charge in [-0.25, -0.2) is 13.2 Å². The van der Waals surface area contributed by atoms with Crippen molar-refractivity contribution in [2.24, 2.45) is 5.73 Å². The molecular weight excluding hydrogens is 335 g/mol. The fraction of sp³-hybridized carbons (Fsp3) is 0.357. The van der Waals surface area contributed by atoms with Gasteiger partial charge in [0, 0.05) is 18.4 Å². The number of hydrogen-bond acceptors (Lipinski definition) is 1. The molecule has 0 saturated carbocycles. The highest BCUT2D eigenvalue weighted by atomic mass is 79.9. The maximum atomic E-state index is 13.9. The molecule has 1 amide bonds. The molecule has 2 nitrogen and oxygen atoms in total. The number of allylic oxidation sites excluding steroid dienone is 2. The molecule has 3 rings (SSSR count). The Morgan fingerprint density at radius 1 is 1.40 bits per heavy atom. The van der Waals surface area contributed by atoms with Crippen molar-refractivity contribution in [3.8, 4) is 0 Å². The second-order valence-corrected chi connectivity index (χ2v) is 6.02. The quantitative estimate of drug-likeness (QED) is 0.826. The number of rotatable bonds is 1. The number of amides is 1. The van der Waals surface area contributed by atoms with Gasteiger partial charge in [-0.05, 0) is 51.5 Å². The van der Waals surface area contributed by atoms with Crippen LogP contribution in [0.2, 0.25) is 0 Å². The molecule has 106 valence electrons. The molecule has 2 aliphatic carbocycles. The molecule has 1 aromatic rings. The van der Waals surface area contributed by atoms with Crippen LogP contribution in [-0.2, 0) is 6.42 Å². The van der Waals surface area contributed by atoms with Crippen LogP contribution in [0, 0.1) is 5.82 Å². The Balaban J connectivity index is 2.21. The van der Waals surface area contributed by atoms with Crippen molar-refractivity contribution in [2.45, 2.75) is 31.6 Å². The van der Waals surface area contributed by atoms with E-state index < -0.39 is 24.1 Å². The van der Waals surface area contributed by atoms with E-state index in [1.807, 2.05) is 0 Å². The molecule has 0 unspecified atom stereocenters. The van der Waals surface area contributed by atoms with Gasteiger partial charge in [-0.1, -0.05) is 5.57 Å². The summed E-state index contributed by atoms with van der Waals surface area (Å²) in [7, 11) is 0. The molecule has 0 saturated heterocycles. The summed E-state index contributed by atoms with van der Waals surface area (Å²) in [5, 5.41) is 0. The molecule has 2 N–H and O–H groups in total. The number of hydrogen-bond donors (Lipinski definition) is 1. The Morgan fingerprint density at radius 2 is 2.10 bits per heavy atom. The second-order valence-electron chi connectivity index (χ2n) is 5.23. The van der Waals surface area contributed by atoms with E-state index in [-0.39, 0.29) is 22.9 Å². The summed E-state index contributed by atoms with van der Waals surface area (Å²) in [6, 6.07) is 1.07. The molecule has 20 heavy (non-hydrogen) atoms. The number of nitrogens with two attached hydrogens (primary N) is 1. The third kappa shape index (κ3) is 1.97. The van der Waals surface area contributed by atoms with Crippen LogP contribution in [-0.4, -0.2) is 11.8 Å². The van der Waals surface area contributed by atoms with Gasteiger partial charge < -0.3 is 5.73 Å². The molecule has 0 aromatic heterocycles. The molecule has 0 aliphatic heterocycles. The number of halogens is 4. The van der Waals surface area contributed by atoms with E-state index in [0.29, 0.717) is 23.1 Å². The lowest BCUT2D eigenvalue weighted by Crippen LogP contribution is -2.20. The van der Waals surface area contributed by atoms with Crippen LogP contribution < -0.4 is 5.73 Å². The van der Waals surface area contributed by atoms with Gasteiger partial charge in [-0.2, -0.15) is 0 Å². The first-order valence-electron chi connectivity index (χ1n) is 6.20. The topological polar surface area (TPSA) is 43.1 Å². The lowest BCUT2D eigenvalue weighted by Gasteiger charge is -2.24. The van der Waals surface area contributed by atoms with Crippen LogP contribution in [0.15, 0.2) is 16.1 Å². The summed E-state index contributed by atoms with van der Waals surface area (Å²) in [6.45, 7) is 0. The number of alkyl halides is 2. The Morgan fingerprint density at radius 3 is 2.75 bits per heavy atom. The van der Waals surface area contributed by atoms with Gasteiger partial charge in [0.05, 0.1) is 4.47 Å². The van der Waals surface area contributed by atoms with Crippen molar-refractivity contribution in [3.63, 3.8) is 0 Å². The summed E-state index contributed by atoms with van der Waals surface area (Å²) in [6.07, 6.45) is 0.0581. The van der Waals surface area contributed by atoms with E-state index >= 15 is 0 Å². The van der Waals surface area contributed by atoms with E-state index in [1.54, 1.807) is 0 Å². The van der Waals surface area contributed by atoms with Crippen LogP contribution in [0.4, 0.5) is 13.2 Å². The van der Waals surface area contributed by atoms with Crippen molar-refractivity contribution in [2.75, 3.05) is 0 Å². The van der Waals surface area contributed by atoms with Crippen LogP contribution in [0.1, 0.15) is 40.7 Å². The van der Waals surface area contributed by atoms with Crippen molar-refractivity contribution >= 4 is 27.4 Å². The number of primary amides is 1. The fourth-order valence-corrected chi connectivity index (χ4v) is 3.61. The van der Waals surface area contributed by atoms with Gasteiger partial charge in [0.25, 0.3) is 5.92 Å². The highest BCUT2D eigenvalue weighted by molar-refractivity contribution is 9.10. The molecule has 0 spiro atoms. The molecular formula is C14H11BrF3NO. The van der Waals surface area contributed by atoms with Gasteiger partial charge in [0.1, 0.15) is 5.82 Å². The van der Waals surface area contributed by atoms with E-state index in [9.17, 15) is 18.0 Å². The van der Waals surface area contributed by atoms with Crippen LogP contribution in [0.3, 0.4) is 0 Å². The lowest BCUT2D eigenvalue weighted by atomic mass is 9.89. The maximum absolute atomic E-state index is 13.9. The van der Waals surface area contributed by atoms with E-state index in [4.69, 9.17) is 5.73 Å². The molecule has 0 bridgehead atoms. The lowest BCUT2D eigenvalue weighted by molar-refractivity contribution is -0.00548. The molecule has 0 heterocycles. The molecule has 1 aromatic carbocycles. The van der Waals surface area contributed by atoms with E-state index in [2.05, 4.69) is 15.9 Å². The molecule has 6 heteroatoms. The summed E-state index contributed by atoms with van der Waals surface area (Å²) >= 11 is 3.11. The minimum Gasteiger partial charge on any atom is -0.366 e. The second kappa shape index (κ2) is 4.35. The predicted molar refractivity (Wildman–Crippen MR) is 72.0 cm³/mol. The van der Waals surface area contributed by atoms with E-state index in [1.165, 1.54) is 0 Å². The summed E-state index contributed by atoms with van der Waals surface area (Å²) in [4.78, 5) is 11.4. The maximum Gasteiger partial charge on any atom is 0.252 e. The predicted octanol–water partition coefficient (Wildman–Crippen LogP) is 3.82. The zero-order chi connectivity index (χ0) is 14.7. The monoisotopic (exact) mass is 345 g/mol. The van der Waals surface area contributed by atoms with Gasteiger partial charge in [0.15, 0.2) is 0 Å². The summed E-state index contributed by atoms with van der Waals surface area (Å²) < 4.78 is 41.2. The third-order valence-electron chi connectivity index (χ3n) is 3.94. The molecule has 0 fully saturated rings. The first-order chi connectivity index (χ1) is 9.30. The average Bonchev–Trinajstić information content (AvgIpc) is 2.70. The van der Waals surface area contributed by atoms with Gasteiger partial charge in [-0.15, -0.1) is 0 Å². The van der Waals surface area contributed by atoms with Gasteiger partial charge >= 0.3 is 0 Å². The zero-order valence-corrected chi connectivity index (χ0v) is 12.0. The molecule has 2 aliphatic rings. The normalized spacial score (nSPS) is 19.8. The highest BCUT2D eigenvalue weighted by Crippen LogP contribution is 2.50. The first kappa shape index (κ1) is 13.7. The van der Waals surface area contributed by atoms with Crippen molar-refractivity contribution < 1.29 is 18.0 Å². The standard InChI is InChI=1S/C14H11BrF3NO/c15-12-10(16)4-8(13(19)20)7-3-6-1-2-14(17,18)5-9(6)11(7)12/h4H,1-3,5H2,(H2,19,20).